The summed E-state index contributed by atoms with van der Waals surface area (Å²) < 4.78 is 2.10. The third kappa shape index (κ3) is 3.31. The molecule has 102 valence electrons. The van der Waals surface area contributed by atoms with Gasteiger partial charge in [-0.05, 0) is 6.92 Å². The molecule has 0 bridgehead atoms. The second kappa shape index (κ2) is 6.31. The fourth-order valence-electron chi connectivity index (χ4n) is 2.47. The lowest BCUT2D eigenvalue weighted by atomic mass is 10.2. The fourth-order valence-corrected chi connectivity index (χ4v) is 2.47. The lowest BCUT2D eigenvalue weighted by Gasteiger charge is -2.37. The van der Waals surface area contributed by atoms with E-state index in [1.54, 1.807) is 0 Å². The van der Waals surface area contributed by atoms with Gasteiger partial charge in [-0.3, -0.25) is 4.90 Å². The second-order valence-electron chi connectivity index (χ2n) is 5.17. The lowest BCUT2D eigenvalue weighted by molar-refractivity contribution is 0.105. The van der Waals surface area contributed by atoms with E-state index in [2.05, 4.69) is 33.3 Å². The molecule has 0 spiro atoms. The maximum absolute atomic E-state index is 5.71. The quantitative estimate of drug-likeness (QED) is 0.796. The van der Waals surface area contributed by atoms with E-state index in [-0.39, 0.29) is 0 Å². The van der Waals surface area contributed by atoms with Crippen molar-refractivity contribution in [1.29, 1.82) is 0 Å². The summed E-state index contributed by atoms with van der Waals surface area (Å²) in [6.07, 6.45) is 4.92. The molecular weight excluding hydrogens is 226 g/mol. The Morgan fingerprint density at radius 2 is 2.06 bits per heavy atom. The number of nitrogens with two attached hydrogens (primary N) is 1. The van der Waals surface area contributed by atoms with Gasteiger partial charge in [0.1, 0.15) is 5.82 Å². The predicted octanol–water partition coefficient (Wildman–Crippen LogP) is -0.0726. The third-order valence-electron chi connectivity index (χ3n) is 3.94. The van der Waals surface area contributed by atoms with Gasteiger partial charge in [-0.2, -0.15) is 0 Å². The molecule has 1 aromatic heterocycles. The van der Waals surface area contributed by atoms with Gasteiger partial charge >= 0.3 is 0 Å². The summed E-state index contributed by atoms with van der Waals surface area (Å²) in [6.45, 7) is 8.65. The van der Waals surface area contributed by atoms with Crippen molar-refractivity contribution < 1.29 is 0 Å². The zero-order valence-electron chi connectivity index (χ0n) is 11.5. The van der Waals surface area contributed by atoms with E-state index in [4.69, 9.17) is 5.73 Å². The van der Waals surface area contributed by atoms with Crippen LogP contribution in [0.2, 0.25) is 0 Å². The molecule has 1 aliphatic rings. The fraction of sp³-hybridized carbons (Fsp3) is 0.769. The van der Waals surface area contributed by atoms with Crippen LogP contribution < -0.4 is 5.73 Å². The van der Waals surface area contributed by atoms with E-state index < -0.39 is 0 Å². The minimum atomic E-state index is 0.515. The van der Waals surface area contributed by atoms with Gasteiger partial charge in [-0.25, -0.2) is 4.98 Å². The Kier molecular flexibility index (Phi) is 4.74. The largest absolute Gasteiger partial charge is 0.338 e. The number of hydrogen-bond donors (Lipinski definition) is 1. The summed E-state index contributed by atoms with van der Waals surface area (Å²) in [5, 5.41) is 0. The summed E-state index contributed by atoms with van der Waals surface area (Å²) in [4.78, 5) is 9.37. The summed E-state index contributed by atoms with van der Waals surface area (Å²) in [7, 11) is 2.06. The van der Waals surface area contributed by atoms with Crippen molar-refractivity contribution in [2.75, 3.05) is 39.3 Å². The van der Waals surface area contributed by atoms with Crippen LogP contribution in [0.4, 0.5) is 0 Å². The molecule has 5 nitrogen and oxygen atoms in total. The standard InChI is InChI=1S/C13H25N5/c1-12(11-14)18-9-7-17(8-10-18)5-3-13-15-4-6-16(13)2/h4,6,12H,3,5,7-11,14H2,1-2H3. The highest BCUT2D eigenvalue weighted by atomic mass is 15.3. The van der Waals surface area contributed by atoms with E-state index in [1.807, 2.05) is 12.4 Å². The first-order valence-electron chi connectivity index (χ1n) is 6.83. The molecule has 2 rings (SSSR count). The molecule has 0 saturated carbocycles. The van der Waals surface area contributed by atoms with Crippen molar-refractivity contribution in [3.8, 4) is 0 Å². The predicted molar refractivity (Wildman–Crippen MR) is 73.4 cm³/mol. The zero-order valence-corrected chi connectivity index (χ0v) is 11.5. The van der Waals surface area contributed by atoms with Crippen molar-refractivity contribution >= 4 is 0 Å². The highest BCUT2D eigenvalue weighted by Crippen LogP contribution is 2.06. The zero-order chi connectivity index (χ0) is 13.0. The molecule has 1 saturated heterocycles. The first kappa shape index (κ1) is 13.5. The summed E-state index contributed by atoms with van der Waals surface area (Å²) in [6, 6.07) is 0.515. The Morgan fingerprint density at radius 1 is 1.33 bits per heavy atom. The van der Waals surface area contributed by atoms with Crippen LogP contribution in [-0.4, -0.2) is 64.7 Å². The first-order valence-corrected chi connectivity index (χ1v) is 6.83. The molecular formula is C13H25N5. The average Bonchev–Trinajstić information content (AvgIpc) is 2.81. The molecule has 1 aliphatic heterocycles. The van der Waals surface area contributed by atoms with Crippen molar-refractivity contribution in [2.45, 2.75) is 19.4 Å². The highest BCUT2D eigenvalue weighted by molar-refractivity contribution is 4.92. The molecule has 18 heavy (non-hydrogen) atoms. The Hall–Kier alpha value is -0.910. The smallest absolute Gasteiger partial charge is 0.109 e. The molecule has 1 atom stereocenters. The molecule has 2 heterocycles. The minimum Gasteiger partial charge on any atom is -0.338 e. The lowest BCUT2D eigenvalue weighted by Crippen LogP contribution is -2.51. The van der Waals surface area contributed by atoms with Crippen LogP contribution in [0, 0.1) is 0 Å². The van der Waals surface area contributed by atoms with Gasteiger partial charge in [0.15, 0.2) is 0 Å². The average molecular weight is 251 g/mol. The number of nitrogens with zero attached hydrogens (tertiary/aromatic N) is 4. The minimum absolute atomic E-state index is 0.515. The van der Waals surface area contributed by atoms with Crippen molar-refractivity contribution in [1.82, 2.24) is 19.4 Å². The normalized spacial score (nSPS) is 20.2. The van der Waals surface area contributed by atoms with Crippen LogP contribution in [0.15, 0.2) is 12.4 Å². The van der Waals surface area contributed by atoms with Crippen molar-refractivity contribution in [3.63, 3.8) is 0 Å². The Balaban J connectivity index is 1.72. The van der Waals surface area contributed by atoms with E-state index in [1.165, 1.54) is 5.82 Å². The molecule has 2 N–H and O–H groups in total. The van der Waals surface area contributed by atoms with Gasteiger partial charge in [0.25, 0.3) is 0 Å². The van der Waals surface area contributed by atoms with Gasteiger partial charge < -0.3 is 15.2 Å². The number of aromatic nitrogens is 2. The molecule has 0 radical (unpaired) electrons. The van der Waals surface area contributed by atoms with Crippen LogP contribution in [0.1, 0.15) is 12.7 Å². The molecule has 1 unspecified atom stereocenters. The molecule has 1 aromatic rings. The van der Waals surface area contributed by atoms with Gasteiger partial charge in [0.2, 0.25) is 0 Å². The maximum atomic E-state index is 5.71. The van der Waals surface area contributed by atoms with Crippen LogP contribution in [0.3, 0.4) is 0 Å². The molecule has 5 heteroatoms. The van der Waals surface area contributed by atoms with Crippen LogP contribution >= 0.6 is 0 Å². The summed E-state index contributed by atoms with van der Waals surface area (Å²) in [5.41, 5.74) is 5.71. The third-order valence-corrected chi connectivity index (χ3v) is 3.94. The molecule has 0 amide bonds. The molecule has 1 fully saturated rings. The maximum Gasteiger partial charge on any atom is 0.109 e. The van der Waals surface area contributed by atoms with Crippen LogP contribution in [0.5, 0.6) is 0 Å². The van der Waals surface area contributed by atoms with E-state index in [0.29, 0.717) is 6.04 Å². The molecule has 0 aliphatic carbocycles. The van der Waals surface area contributed by atoms with Gasteiger partial charge in [-0.15, -0.1) is 0 Å². The SMILES string of the molecule is CC(CN)N1CCN(CCc2nccn2C)CC1. The first-order chi connectivity index (χ1) is 8.70. The van der Waals surface area contributed by atoms with Crippen LogP contribution in [0.25, 0.3) is 0 Å². The number of hydrogen-bond acceptors (Lipinski definition) is 4. The van der Waals surface area contributed by atoms with Gasteiger partial charge in [0.05, 0.1) is 0 Å². The highest BCUT2D eigenvalue weighted by Gasteiger charge is 2.20. The van der Waals surface area contributed by atoms with Crippen LogP contribution in [-0.2, 0) is 13.5 Å². The summed E-state index contributed by atoms with van der Waals surface area (Å²) in [5.74, 6) is 1.17. The summed E-state index contributed by atoms with van der Waals surface area (Å²) >= 11 is 0. The van der Waals surface area contributed by atoms with Gasteiger partial charge in [-0.1, -0.05) is 0 Å². The number of rotatable bonds is 5. The molecule has 0 aromatic carbocycles. The van der Waals surface area contributed by atoms with E-state index in [0.717, 1.165) is 45.7 Å². The Bertz CT molecular complexity index is 354. The van der Waals surface area contributed by atoms with Crippen molar-refractivity contribution in [2.24, 2.45) is 12.8 Å². The van der Waals surface area contributed by atoms with Gasteiger partial charge in [0, 0.05) is 71.2 Å². The van der Waals surface area contributed by atoms with E-state index in [9.17, 15) is 0 Å². The number of imidazole rings is 1. The van der Waals surface area contributed by atoms with E-state index >= 15 is 0 Å². The monoisotopic (exact) mass is 251 g/mol. The Labute approximate surface area is 110 Å². The Morgan fingerprint density at radius 3 is 2.61 bits per heavy atom. The number of piperazine rings is 1. The second-order valence-corrected chi connectivity index (χ2v) is 5.17. The number of aryl methyl sites for hydroxylation is 1. The van der Waals surface area contributed by atoms with Crippen molar-refractivity contribution in [3.05, 3.63) is 18.2 Å². The topological polar surface area (TPSA) is 50.3 Å².